The third kappa shape index (κ3) is 4.98. The predicted octanol–water partition coefficient (Wildman–Crippen LogP) is 5.38. The Morgan fingerprint density at radius 3 is 2.61 bits per heavy atom. The number of halogens is 3. The Hall–Kier alpha value is -3.46. The molecule has 1 aliphatic heterocycles. The third-order valence-electron chi connectivity index (χ3n) is 5.42. The summed E-state index contributed by atoms with van der Waals surface area (Å²) in [6.07, 6.45) is -2.64. The predicted molar refractivity (Wildman–Crippen MR) is 121 cm³/mol. The standard InChI is InChI=1S/C24H24F3N5O/c1-15(2)16-6-8-17(9-7-16)29-22-18-10-12-32(13-20(18)30-21(31-22)14-33-3)23-19(24(25,26)27)5-4-11-28-23/h4-9,11H,1,10,12-14H2,2-3H3,(H,29,30,31). The van der Waals surface area contributed by atoms with Gasteiger partial charge < -0.3 is 15.0 Å². The van der Waals surface area contributed by atoms with Crippen LogP contribution in [0.25, 0.3) is 5.57 Å². The molecular weight excluding hydrogens is 431 g/mol. The highest BCUT2D eigenvalue weighted by Gasteiger charge is 2.36. The molecule has 0 unspecified atom stereocenters. The molecule has 3 heterocycles. The van der Waals surface area contributed by atoms with Crippen LogP contribution in [-0.2, 0) is 30.5 Å². The van der Waals surface area contributed by atoms with Gasteiger partial charge in [0.05, 0.1) is 17.8 Å². The van der Waals surface area contributed by atoms with Crippen molar-refractivity contribution in [1.29, 1.82) is 0 Å². The van der Waals surface area contributed by atoms with Crippen LogP contribution in [0.1, 0.15) is 35.1 Å². The van der Waals surface area contributed by atoms with Crippen molar-refractivity contribution in [1.82, 2.24) is 15.0 Å². The second-order valence-corrected chi connectivity index (χ2v) is 7.87. The molecule has 0 amide bonds. The van der Waals surface area contributed by atoms with Crippen molar-refractivity contribution in [3.63, 3.8) is 0 Å². The third-order valence-corrected chi connectivity index (χ3v) is 5.42. The Balaban J connectivity index is 1.67. The fourth-order valence-corrected chi connectivity index (χ4v) is 3.80. The molecule has 4 rings (SSSR count). The molecule has 0 radical (unpaired) electrons. The van der Waals surface area contributed by atoms with Gasteiger partial charge in [-0.1, -0.05) is 24.3 Å². The van der Waals surface area contributed by atoms with Crippen molar-refractivity contribution >= 4 is 22.9 Å². The summed E-state index contributed by atoms with van der Waals surface area (Å²) >= 11 is 0. The second kappa shape index (κ2) is 9.19. The Labute approximate surface area is 190 Å². The summed E-state index contributed by atoms with van der Waals surface area (Å²) in [6.45, 7) is 6.63. The minimum absolute atomic E-state index is 0.0903. The maximum atomic E-state index is 13.5. The molecule has 0 saturated carbocycles. The zero-order chi connectivity index (χ0) is 23.6. The minimum atomic E-state index is -4.49. The van der Waals surface area contributed by atoms with E-state index >= 15 is 0 Å². The summed E-state index contributed by atoms with van der Waals surface area (Å²) in [4.78, 5) is 14.8. The van der Waals surface area contributed by atoms with Crippen molar-refractivity contribution in [2.75, 3.05) is 23.9 Å². The molecule has 0 spiro atoms. The van der Waals surface area contributed by atoms with Crippen molar-refractivity contribution in [2.24, 2.45) is 0 Å². The van der Waals surface area contributed by atoms with Gasteiger partial charge in [0, 0.05) is 31.1 Å². The van der Waals surface area contributed by atoms with Crippen molar-refractivity contribution in [3.05, 3.63) is 77.4 Å². The summed E-state index contributed by atoms with van der Waals surface area (Å²) in [5.41, 5.74) is 3.63. The Morgan fingerprint density at radius 1 is 1.18 bits per heavy atom. The molecule has 2 aromatic heterocycles. The molecule has 1 N–H and O–H groups in total. The van der Waals surface area contributed by atoms with Gasteiger partial charge in [0.25, 0.3) is 0 Å². The minimum Gasteiger partial charge on any atom is -0.377 e. The fourth-order valence-electron chi connectivity index (χ4n) is 3.80. The molecule has 6 nitrogen and oxygen atoms in total. The molecule has 3 aromatic rings. The molecule has 0 bridgehead atoms. The number of anilines is 3. The van der Waals surface area contributed by atoms with E-state index in [2.05, 4.69) is 26.8 Å². The van der Waals surface area contributed by atoms with Crippen LogP contribution in [0, 0.1) is 0 Å². The van der Waals surface area contributed by atoms with Crippen LogP contribution < -0.4 is 10.2 Å². The van der Waals surface area contributed by atoms with Gasteiger partial charge in [-0.05, 0) is 43.2 Å². The normalized spacial score (nSPS) is 13.5. The summed E-state index contributed by atoms with van der Waals surface area (Å²) in [5, 5.41) is 3.34. The number of methoxy groups -OCH3 is 1. The lowest BCUT2D eigenvalue weighted by atomic mass is 10.0. The van der Waals surface area contributed by atoms with Crippen LogP contribution in [0.15, 0.2) is 49.2 Å². The van der Waals surface area contributed by atoms with Gasteiger partial charge >= 0.3 is 6.18 Å². The van der Waals surface area contributed by atoms with Crippen LogP contribution in [0.2, 0.25) is 0 Å². The number of pyridine rings is 1. The van der Waals surface area contributed by atoms with Gasteiger partial charge in [-0.25, -0.2) is 15.0 Å². The summed E-state index contributed by atoms with van der Waals surface area (Å²) in [6, 6.07) is 10.2. The van der Waals surface area contributed by atoms with Gasteiger partial charge in [0.15, 0.2) is 5.82 Å². The Kier molecular flexibility index (Phi) is 6.33. The van der Waals surface area contributed by atoms with E-state index in [1.165, 1.54) is 12.3 Å². The number of rotatable bonds is 6. The van der Waals surface area contributed by atoms with Crippen molar-refractivity contribution in [2.45, 2.75) is 32.7 Å². The van der Waals surface area contributed by atoms with Crippen LogP contribution in [0.3, 0.4) is 0 Å². The first-order chi connectivity index (χ1) is 15.8. The SMILES string of the molecule is C=C(C)c1ccc(Nc2nc(COC)nc3c2CCN(c2ncccc2C(F)(F)F)C3)cc1. The topological polar surface area (TPSA) is 63.2 Å². The highest BCUT2D eigenvalue weighted by Crippen LogP contribution is 2.37. The molecule has 9 heteroatoms. The zero-order valence-corrected chi connectivity index (χ0v) is 18.4. The number of fused-ring (bicyclic) bond motifs is 1. The van der Waals surface area contributed by atoms with E-state index in [9.17, 15) is 13.2 Å². The second-order valence-electron chi connectivity index (χ2n) is 7.87. The van der Waals surface area contributed by atoms with Gasteiger partial charge in [0.2, 0.25) is 0 Å². The highest BCUT2D eigenvalue weighted by molar-refractivity contribution is 5.67. The number of hydrogen-bond acceptors (Lipinski definition) is 6. The average molecular weight is 455 g/mol. The van der Waals surface area contributed by atoms with E-state index in [1.807, 2.05) is 31.2 Å². The maximum Gasteiger partial charge on any atom is 0.419 e. The van der Waals surface area contributed by atoms with Crippen LogP contribution in [0.5, 0.6) is 0 Å². The maximum absolute atomic E-state index is 13.5. The number of alkyl halides is 3. The van der Waals surface area contributed by atoms with Gasteiger partial charge in [-0.15, -0.1) is 0 Å². The molecule has 33 heavy (non-hydrogen) atoms. The van der Waals surface area contributed by atoms with E-state index in [0.29, 0.717) is 30.3 Å². The largest absolute Gasteiger partial charge is 0.419 e. The lowest BCUT2D eigenvalue weighted by molar-refractivity contribution is -0.137. The number of ether oxygens (including phenoxy) is 1. The highest BCUT2D eigenvalue weighted by atomic mass is 19.4. The summed E-state index contributed by atoms with van der Waals surface area (Å²) in [7, 11) is 1.54. The van der Waals surface area contributed by atoms with Gasteiger partial charge in [-0.3, -0.25) is 0 Å². The Morgan fingerprint density at radius 2 is 1.94 bits per heavy atom. The van der Waals surface area contributed by atoms with E-state index in [4.69, 9.17) is 4.74 Å². The summed E-state index contributed by atoms with van der Waals surface area (Å²) < 4.78 is 45.8. The number of benzene rings is 1. The number of nitrogens with zero attached hydrogens (tertiary/aromatic N) is 4. The lowest BCUT2D eigenvalue weighted by Crippen LogP contribution is -2.34. The first kappa shape index (κ1) is 22.7. The number of aromatic nitrogens is 3. The molecule has 0 atom stereocenters. The molecule has 1 aliphatic rings. The number of allylic oxidation sites excluding steroid dienone is 1. The molecule has 0 saturated heterocycles. The fraction of sp³-hybridized carbons (Fsp3) is 0.292. The van der Waals surface area contributed by atoms with Crippen molar-refractivity contribution in [3.8, 4) is 0 Å². The first-order valence-corrected chi connectivity index (χ1v) is 10.4. The monoisotopic (exact) mass is 455 g/mol. The number of hydrogen-bond donors (Lipinski definition) is 1. The average Bonchev–Trinajstić information content (AvgIpc) is 2.79. The van der Waals surface area contributed by atoms with Gasteiger partial charge in [-0.2, -0.15) is 13.2 Å². The smallest absolute Gasteiger partial charge is 0.377 e. The van der Waals surface area contributed by atoms with E-state index in [1.54, 1.807) is 12.0 Å². The van der Waals surface area contributed by atoms with E-state index < -0.39 is 11.7 Å². The summed E-state index contributed by atoms with van der Waals surface area (Å²) in [5.74, 6) is 0.996. The molecular formula is C24H24F3N5O. The molecule has 172 valence electrons. The van der Waals surface area contributed by atoms with Crippen LogP contribution in [0.4, 0.5) is 30.5 Å². The van der Waals surface area contributed by atoms with Crippen LogP contribution in [-0.4, -0.2) is 28.6 Å². The molecule has 0 aliphatic carbocycles. The quantitative estimate of drug-likeness (QED) is 0.539. The van der Waals surface area contributed by atoms with Crippen molar-refractivity contribution < 1.29 is 17.9 Å². The number of nitrogens with one attached hydrogen (secondary N) is 1. The zero-order valence-electron chi connectivity index (χ0n) is 18.4. The Bertz CT molecular complexity index is 1160. The van der Waals surface area contributed by atoms with E-state index in [0.717, 1.165) is 28.5 Å². The lowest BCUT2D eigenvalue weighted by Gasteiger charge is -2.31. The van der Waals surface area contributed by atoms with Gasteiger partial charge in [0.1, 0.15) is 18.2 Å². The molecule has 1 aromatic carbocycles. The first-order valence-electron chi connectivity index (χ1n) is 10.4. The molecule has 0 fully saturated rings. The van der Waals surface area contributed by atoms with Crippen LogP contribution >= 0.6 is 0 Å². The van der Waals surface area contributed by atoms with E-state index in [-0.39, 0.29) is 19.0 Å².